The first-order valence-corrected chi connectivity index (χ1v) is 20.4. The standard InChI is InChI=1S/C44H50N2O16/c47-43-35-5-2-6-36(46-35)44(48)62-28-32-25-39-42-40(26-32)58-22-18-54-14-10-50-8-12-52-16-20-56-38-24-31(27-61-43)23-37(41(38)59-29-33-3-1-4-34(45-33)30-60-42)55-19-15-51-11-7-49-9-13-53-17-21-57-39/h1-6,23-26H,7-22,27-30H2. The molecular weight excluding hydrogens is 812 g/mol. The van der Waals surface area contributed by atoms with E-state index in [-0.39, 0.29) is 102 Å². The number of pyridine rings is 2. The number of rotatable bonds is 0. The first-order valence-electron chi connectivity index (χ1n) is 20.4. The van der Waals surface area contributed by atoms with E-state index in [1.165, 1.54) is 18.2 Å². The molecule has 0 aliphatic carbocycles. The molecule has 0 spiro atoms. The van der Waals surface area contributed by atoms with Gasteiger partial charge in [0, 0.05) is 0 Å². The molecule has 332 valence electrons. The molecule has 0 unspecified atom stereocenters. The van der Waals surface area contributed by atoms with Crippen molar-refractivity contribution in [3.63, 3.8) is 0 Å². The molecule has 0 radical (unpaired) electrons. The number of carbonyl (C=O) groups is 2. The molecule has 18 nitrogen and oxygen atoms in total. The first kappa shape index (κ1) is 44.3. The summed E-state index contributed by atoms with van der Waals surface area (Å²) in [5.74, 6) is 0.235. The van der Waals surface area contributed by atoms with E-state index in [2.05, 4.69) is 4.98 Å². The smallest absolute Gasteiger partial charge is 0.357 e. The lowest BCUT2D eigenvalue weighted by atomic mass is 10.2. The summed E-state index contributed by atoms with van der Waals surface area (Å²) in [5.41, 5.74) is 2.00. The van der Waals surface area contributed by atoms with E-state index >= 15 is 0 Å². The van der Waals surface area contributed by atoms with Crippen molar-refractivity contribution in [2.24, 2.45) is 0 Å². The Labute approximate surface area is 358 Å². The van der Waals surface area contributed by atoms with E-state index in [1.807, 2.05) is 18.2 Å². The quantitative estimate of drug-likeness (QED) is 0.227. The van der Waals surface area contributed by atoms with Crippen LogP contribution in [-0.4, -0.2) is 128 Å². The third kappa shape index (κ3) is 13.6. The van der Waals surface area contributed by atoms with Gasteiger partial charge in [0.05, 0.1) is 90.7 Å². The second-order valence-electron chi connectivity index (χ2n) is 13.7. The SMILES string of the molecule is O=C1OCc2cc3c4c(c2)OCCOCCOCCOCCOc2cc(cc(c2OCc2cccc(n2)CO4)OCCOCCOCCOCCO3)COC(=O)c2cccc1n2. The fourth-order valence-corrected chi connectivity index (χ4v) is 6.16. The Kier molecular flexibility index (Phi) is 17.2. The number of benzene rings is 2. The van der Waals surface area contributed by atoms with Gasteiger partial charge in [0.2, 0.25) is 11.5 Å². The number of esters is 2. The molecule has 4 aromatic rings. The van der Waals surface area contributed by atoms with Crippen LogP contribution in [0.4, 0.5) is 0 Å². The Morgan fingerprint density at radius 1 is 0.339 bits per heavy atom. The van der Waals surface area contributed by atoms with Gasteiger partial charge < -0.3 is 66.3 Å². The Hall–Kier alpha value is -5.76. The zero-order chi connectivity index (χ0) is 42.6. The molecule has 0 saturated carbocycles. The number of nitrogens with zero attached hydrogens (tertiary/aromatic N) is 2. The predicted molar refractivity (Wildman–Crippen MR) is 215 cm³/mol. The largest absolute Gasteiger partial charge is 0.487 e. The van der Waals surface area contributed by atoms with Crippen LogP contribution in [0.15, 0.2) is 60.7 Å². The highest BCUT2D eigenvalue weighted by Gasteiger charge is 2.22. The van der Waals surface area contributed by atoms with Crippen LogP contribution in [0.5, 0.6) is 34.5 Å². The summed E-state index contributed by atoms with van der Waals surface area (Å²) in [7, 11) is 0. The lowest BCUT2D eigenvalue weighted by Gasteiger charge is -2.20. The van der Waals surface area contributed by atoms with Crippen molar-refractivity contribution in [2.75, 3.05) is 106 Å². The van der Waals surface area contributed by atoms with Crippen molar-refractivity contribution in [1.82, 2.24) is 9.97 Å². The predicted octanol–water partition coefficient (Wildman–Crippen LogP) is 4.30. The van der Waals surface area contributed by atoms with Crippen molar-refractivity contribution >= 4 is 11.9 Å². The maximum atomic E-state index is 13.4. The van der Waals surface area contributed by atoms with Gasteiger partial charge in [-0.2, -0.15) is 0 Å². The summed E-state index contributed by atoms with van der Waals surface area (Å²) in [4.78, 5) is 35.9. The van der Waals surface area contributed by atoms with E-state index < -0.39 is 11.9 Å². The highest BCUT2D eigenvalue weighted by atomic mass is 16.6. The zero-order valence-corrected chi connectivity index (χ0v) is 34.3. The van der Waals surface area contributed by atoms with Crippen molar-refractivity contribution in [3.8, 4) is 34.5 Å². The molecule has 10 rings (SSSR count). The molecule has 62 heavy (non-hydrogen) atoms. The van der Waals surface area contributed by atoms with Crippen LogP contribution in [0.3, 0.4) is 0 Å². The summed E-state index contributed by atoms with van der Waals surface area (Å²) in [6.07, 6.45) is 0. The first-order chi connectivity index (χ1) is 30.6. The number of hydrogen-bond acceptors (Lipinski definition) is 18. The van der Waals surface area contributed by atoms with Crippen LogP contribution in [0.1, 0.15) is 43.5 Å². The van der Waals surface area contributed by atoms with Gasteiger partial charge in [-0.3, -0.25) is 4.98 Å². The average Bonchev–Trinajstić information content (AvgIpc) is 3.28. The number of ether oxygens (including phenoxy) is 14. The summed E-state index contributed by atoms with van der Waals surface area (Å²) in [6, 6.07) is 16.7. The number of hydrogen-bond donors (Lipinski definition) is 0. The fourth-order valence-electron chi connectivity index (χ4n) is 6.16. The van der Waals surface area contributed by atoms with E-state index in [4.69, 9.17) is 71.3 Å². The lowest BCUT2D eigenvalue weighted by molar-refractivity contribution is 0.00371. The molecule has 0 saturated heterocycles. The molecule has 2 aromatic carbocycles. The summed E-state index contributed by atoms with van der Waals surface area (Å²) in [6.45, 7) is 3.83. The second-order valence-corrected chi connectivity index (χ2v) is 13.7. The summed E-state index contributed by atoms with van der Waals surface area (Å²) >= 11 is 0. The van der Waals surface area contributed by atoms with Gasteiger partial charge >= 0.3 is 11.9 Å². The Morgan fingerprint density at radius 2 is 0.661 bits per heavy atom. The monoisotopic (exact) mass is 862 g/mol. The lowest BCUT2D eigenvalue weighted by Crippen LogP contribution is -2.16. The zero-order valence-electron chi connectivity index (χ0n) is 34.3. The minimum atomic E-state index is -0.773. The van der Waals surface area contributed by atoms with E-state index in [0.29, 0.717) is 98.4 Å². The van der Waals surface area contributed by atoms with Crippen LogP contribution in [-0.2, 0) is 64.3 Å². The van der Waals surface area contributed by atoms with Gasteiger partial charge in [0.15, 0.2) is 23.0 Å². The number of aromatic nitrogens is 2. The molecule has 18 heteroatoms. The third-order valence-corrected chi connectivity index (χ3v) is 9.09. The van der Waals surface area contributed by atoms with Crippen molar-refractivity contribution in [3.05, 3.63) is 94.6 Å². The molecule has 0 atom stereocenters. The molecule has 2 aromatic heterocycles. The molecule has 8 heterocycles. The molecule has 0 fully saturated rings. The van der Waals surface area contributed by atoms with Gasteiger partial charge in [0.1, 0.15) is 64.2 Å². The Morgan fingerprint density at radius 3 is 1.02 bits per heavy atom. The highest BCUT2D eigenvalue weighted by Crippen LogP contribution is 2.41. The maximum absolute atomic E-state index is 13.4. The van der Waals surface area contributed by atoms with Gasteiger partial charge in [0.25, 0.3) is 0 Å². The maximum Gasteiger partial charge on any atom is 0.357 e. The molecular formula is C44H50N2O16. The minimum Gasteiger partial charge on any atom is -0.487 e. The van der Waals surface area contributed by atoms with E-state index in [0.717, 1.165) is 0 Å². The third-order valence-electron chi connectivity index (χ3n) is 9.09. The van der Waals surface area contributed by atoms with Gasteiger partial charge in [-0.25, -0.2) is 14.6 Å². The van der Waals surface area contributed by atoms with Crippen LogP contribution >= 0.6 is 0 Å². The van der Waals surface area contributed by atoms with Crippen LogP contribution in [0.25, 0.3) is 0 Å². The van der Waals surface area contributed by atoms with E-state index in [1.54, 1.807) is 24.3 Å². The topological polar surface area (TPSA) is 189 Å². The molecule has 0 N–H and O–H groups in total. The normalized spacial score (nSPS) is 18.4. The second kappa shape index (κ2) is 24.0. The minimum absolute atomic E-state index is 0.0225. The average molecular weight is 863 g/mol. The Balaban J connectivity index is 1.31. The molecule has 0 amide bonds. The summed E-state index contributed by atoms with van der Waals surface area (Å²) in [5, 5.41) is 0. The van der Waals surface area contributed by atoms with Crippen LogP contribution in [0.2, 0.25) is 0 Å². The van der Waals surface area contributed by atoms with Crippen molar-refractivity contribution in [1.29, 1.82) is 0 Å². The van der Waals surface area contributed by atoms with E-state index in [9.17, 15) is 9.59 Å². The van der Waals surface area contributed by atoms with Gasteiger partial charge in [-0.05, 0) is 59.7 Å². The van der Waals surface area contributed by atoms with Gasteiger partial charge in [-0.15, -0.1) is 0 Å². The van der Waals surface area contributed by atoms with Crippen LogP contribution in [0, 0.1) is 0 Å². The molecule has 12 bridgehead atoms. The number of carbonyl (C=O) groups excluding carboxylic acids is 2. The molecule has 6 aliphatic rings. The van der Waals surface area contributed by atoms with Crippen molar-refractivity contribution < 1.29 is 75.9 Å². The van der Waals surface area contributed by atoms with Crippen molar-refractivity contribution in [2.45, 2.75) is 26.4 Å². The summed E-state index contributed by atoms with van der Waals surface area (Å²) < 4.78 is 83.7. The van der Waals surface area contributed by atoms with Gasteiger partial charge in [-0.1, -0.05) is 12.1 Å². The highest BCUT2D eigenvalue weighted by molar-refractivity contribution is 5.91. The Bertz CT molecular complexity index is 1860. The van der Waals surface area contributed by atoms with Crippen LogP contribution < -0.4 is 28.4 Å². The fraction of sp³-hybridized carbons (Fsp3) is 0.455. The molecule has 6 aliphatic heterocycles.